The minimum absolute atomic E-state index is 0.185. The number of aromatic carboxylic acids is 1. The minimum Gasteiger partial charge on any atom is -0.478 e. The predicted octanol–water partition coefficient (Wildman–Crippen LogP) is 1.83. The minimum atomic E-state index is -4.32. The first kappa shape index (κ1) is 15.4. The van der Waals surface area contributed by atoms with Crippen LogP contribution < -0.4 is 0 Å². The molecule has 0 radical (unpaired) electrons. The predicted molar refractivity (Wildman–Crippen MR) is 70.5 cm³/mol. The van der Waals surface area contributed by atoms with Gasteiger partial charge in [0, 0.05) is 0 Å². The molecule has 0 bridgehead atoms. The molecule has 0 unspecified atom stereocenters. The van der Waals surface area contributed by atoms with E-state index in [1.165, 1.54) is 23.5 Å². The third-order valence-electron chi connectivity index (χ3n) is 1.75. The average molecular weight is 320 g/mol. The van der Waals surface area contributed by atoms with E-state index in [9.17, 15) is 13.2 Å². The Morgan fingerprint density at radius 2 is 2.11 bits per heavy atom. The number of aromatic amines is 1. The highest BCUT2D eigenvalue weighted by molar-refractivity contribution is 7.85. The average Bonchev–Trinajstić information content (AvgIpc) is 2.80. The largest absolute Gasteiger partial charge is 0.478 e. The van der Waals surface area contributed by atoms with E-state index in [1.807, 2.05) is 0 Å². The van der Waals surface area contributed by atoms with Crippen LogP contribution in [0.5, 0.6) is 0 Å². The number of nitrogens with one attached hydrogen (secondary N) is 1. The molecule has 2 rings (SSSR count). The summed E-state index contributed by atoms with van der Waals surface area (Å²) >= 11 is 6.07. The number of carbonyl (C=O) groups is 1. The van der Waals surface area contributed by atoms with E-state index in [4.69, 9.17) is 9.66 Å². The molecule has 10 heteroatoms. The Morgan fingerprint density at radius 1 is 1.42 bits per heavy atom. The van der Waals surface area contributed by atoms with Gasteiger partial charge in [-0.2, -0.15) is 13.5 Å². The van der Waals surface area contributed by atoms with Gasteiger partial charge in [0.1, 0.15) is 5.51 Å². The molecule has 0 aliphatic carbocycles. The van der Waals surface area contributed by atoms with Crippen LogP contribution in [0.2, 0.25) is 0 Å². The van der Waals surface area contributed by atoms with Crippen molar-refractivity contribution >= 4 is 39.6 Å². The third kappa shape index (κ3) is 5.26. The quantitative estimate of drug-likeness (QED) is 0.570. The van der Waals surface area contributed by atoms with Crippen molar-refractivity contribution in [1.29, 1.82) is 0 Å². The summed E-state index contributed by atoms with van der Waals surface area (Å²) in [6, 6.07) is 4.48. The lowest BCUT2D eigenvalue weighted by Crippen LogP contribution is -2.01. The molecule has 0 aliphatic heterocycles. The van der Waals surface area contributed by atoms with Crippen molar-refractivity contribution in [2.45, 2.75) is 4.90 Å². The molecule has 0 saturated heterocycles. The molecular formula is C9H8N2O5S3. The van der Waals surface area contributed by atoms with Crippen molar-refractivity contribution in [3.05, 3.63) is 39.3 Å². The van der Waals surface area contributed by atoms with E-state index in [1.54, 1.807) is 5.51 Å². The van der Waals surface area contributed by atoms with Crippen molar-refractivity contribution in [1.82, 2.24) is 10.2 Å². The second-order valence-corrected chi connectivity index (χ2v) is 6.00. The standard InChI is InChI=1S/C7H6O5S.C2H2N2S2/c8-7(9)5-2-1-3-6(4-5)13(10,11)12;5-2-4-3-1-6-2/h1-4H,(H,8,9)(H,10,11,12);1H,(H,4,5). The number of carboxylic acid groups (broad SMARTS) is 1. The van der Waals surface area contributed by atoms with Crippen LogP contribution >= 0.6 is 23.6 Å². The fourth-order valence-electron chi connectivity index (χ4n) is 0.969. The summed E-state index contributed by atoms with van der Waals surface area (Å²) in [7, 11) is -4.32. The number of hydrogen-bond donors (Lipinski definition) is 3. The van der Waals surface area contributed by atoms with Crippen molar-refractivity contribution in [2.24, 2.45) is 0 Å². The van der Waals surface area contributed by atoms with Gasteiger partial charge in [-0.15, -0.1) is 0 Å². The Hall–Kier alpha value is -1.62. The van der Waals surface area contributed by atoms with Crippen LogP contribution in [0, 0.1) is 3.95 Å². The van der Waals surface area contributed by atoms with Gasteiger partial charge in [-0.05, 0) is 30.4 Å². The Balaban J connectivity index is 0.000000250. The molecule has 19 heavy (non-hydrogen) atoms. The van der Waals surface area contributed by atoms with Gasteiger partial charge in [0.15, 0.2) is 3.95 Å². The van der Waals surface area contributed by atoms with Crippen LogP contribution in [-0.2, 0) is 10.1 Å². The van der Waals surface area contributed by atoms with Gasteiger partial charge in [0.05, 0.1) is 10.5 Å². The lowest BCUT2D eigenvalue weighted by molar-refractivity contribution is 0.0696. The molecule has 0 amide bonds. The van der Waals surface area contributed by atoms with E-state index in [-0.39, 0.29) is 5.56 Å². The first-order valence-corrected chi connectivity index (χ1v) is 7.32. The molecule has 102 valence electrons. The summed E-state index contributed by atoms with van der Waals surface area (Å²) in [6.45, 7) is 0. The van der Waals surface area contributed by atoms with Crippen LogP contribution in [0.1, 0.15) is 10.4 Å². The van der Waals surface area contributed by atoms with Crippen LogP contribution in [0.4, 0.5) is 0 Å². The van der Waals surface area contributed by atoms with Crippen molar-refractivity contribution < 1.29 is 22.9 Å². The molecule has 1 heterocycles. The number of hydrogen-bond acceptors (Lipinski definition) is 6. The van der Waals surface area contributed by atoms with Gasteiger partial charge in [-0.3, -0.25) is 9.65 Å². The van der Waals surface area contributed by atoms with Gasteiger partial charge < -0.3 is 5.11 Å². The molecule has 0 saturated carbocycles. The van der Waals surface area contributed by atoms with Crippen molar-refractivity contribution in [3.8, 4) is 0 Å². The molecule has 3 N–H and O–H groups in total. The fourth-order valence-corrected chi connectivity index (χ4v) is 1.98. The lowest BCUT2D eigenvalue weighted by Gasteiger charge is -1.97. The van der Waals surface area contributed by atoms with E-state index < -0.39 is 21.0 Å². The maximum absolute atomic E-state index is 10.6. The SMILES string of the molecule is O=C(O)c1cccc(S(=O)(=O)O)c1.S=c1[nH]ncs1. The third-order valence-corrected chi connectivity index (χ3v) is 3.49. The molecule has 2 aromatic rings. The zero-order valence-electron chi connectivity index (χ0n) is 9.18. The first-order chi connectivity index (χ1) is 8.80. The first-order valence-electron chi connectivity index (χ1n) is 4.59. The summed E-state index contributed by atoms with van der Waals surface area (Å²) in [5.74, 6) is -1.24. The topological polar surface area (TPSA) is 120 Å². The summed E-state index contributed by atoms with van der Waals surface area (Å²) in [6.07, 6.45) is 0. The summed E-state index contributed by atoms with van der Waals surface area (Å²) in [4.78, 5) is 9.98. The highest BCUT2D eigenvalue weighted by Gasteiger charge is 2.11. The second-order valence-electron chi connectivity index (χ2n) is 3.06. The number of H-pyrrole nitrogens is 1. The Morgan fingerprint density at radius 3 is 2.47 bits per heavy atom. The number of carboxylic acids is 1. The van der Waals surface area contributed by atoms with E-state index in [0.717, 1.165) is 16.1 Å². The molecule has 0 fully saturated rings. The molecule has 0 aliphatic rings. The zero-order chi connectivity index (χ0) is 14.5. The molecule has 7 nitrogen and oxygen atoms in total. The zero-order valence-corrected chi connectivity index (χ0v) is 11.6. The number of aromatic nitrogens is 2. The maximum Gasteiger partial charge on any atom is 0.335 e. The maximum atomic E-state index is 10.6. The summed E-state index contributed by atoms with van der Waals surface area (Å²) in [5.41, 5.74) is 1.48. The Bertz CT molecular complexity index is 702. The molecular weight excluding hydrogens is 312 g/mol. The van der Waals surface area contributed by atoms with Crippen molar-refractivity contribution in [3.63, 3.8) is 0 Å². The summed E-state index contributed by atoms with van der Waals surface area (Å²) < 4.78 is 30.4. The highest BCUT2D eigenvalue weighted by atomic mass is 32.2. The molecule has 0 atom stereocenters. The molecule has 1 aromatic heterocycles. The summed E-state index contributed by atoms with van der Waals surface area (Å²) in [5, 5.41) is 14.7. The fraction of sp³-hybridized carbons (Fsp3) is 0. The number of rotatable bonds is 2. The van der Waals surface area contributed by atoms with Crippen LogP contribution in [0.25, 0.3) is 0 Å². The van der Waals surface area contributed by atoms with Gasteiger partial charge in [-0.25, -0.2) is 4.79 Å². The van der Waals surface area contributed by atoms with Gasteiger partial charge in [0.2, 0.25) is 0 Å². The van der Waals surface area contributed by atoms with Crippen LogP contribution in [0.15, 0.2) is 34.7 Å². The highest BCUT2D eigenvalue weighted by Crippen LogP contribution is 2.10. The Kier molecular flexibility index (Phi) is 5.30. The molecule has 1 aromatic carbocycles. The van der Waals surface area contributed by atoms with E-state index >= 15 is 0 Å². The molecule has 0 spiro atoms. The van der Waals surface area contributed by atoms with Gasteiger partial charge in [0.25, 0.3) is 10.1 Å². The van der Waals surface area contributed by atoms with Crippen molar-refractivity contribution in [2.75, 3.05) is 0 Å². The van der Waals surface area contributed by atoms with Gasteiger partial charge in [-0.1, -0.05) is 17.4 Å². The number of nitrogens with zero attached hydrogens (tertiary/aromatic N) is 1. The number of benzene rings is 1. The van der Waals surface area contributed by atoms with Gasteiger partial charge >= 0.3 is 5.97 Å². The van der Waals surface area contributed by atoms with E-state index in [2.05, 4.69) is 22.4 Å². The van der Waals surface area contributed by atoms with Crippen LogP contribution in [0.3, 0.4) is 0 Å². The van der Waals surface area contributed by atoms with Crippen LogP contribution in [-0.4, -0.2) is 34.2 Å². The second kappa shape index (κ2) is 6.52. The normalized spacial score (nSPS) is 10.4. The Labute approximate surface area is 117 Å². The monoisotopic (exact) mass is 320 g/mol. The lowest BCUT2D eigenvalue weighted by atomic mass is 10.2. The van der Waals surface area contributed by atoms with E-state index in [0.29, 0.717) is 0 Å². The smallest absolute Gasteiger partial charge is 0.335 e.